The van der Waals surface area contributed by atoms with Crippen LogP contribution >= 0.6 is 0 Å². The molecule has 0 aromatic carbocycles. The zero-order valence-electron chi connectivity index (χ0n) is 13.2. The van der Waals surface area contributed by atoms with E-state index in [1.165, 1.54) is 0 Å². The molecule has 5 heteroatoms. The van der Waals surface area contributed by atoms with E-state index in [-0.39, 0.29) is 23.7 Å². The molecule has 0 aromatic rings. The second-order valence-corrected chi connectivity index (χ2v) is 6.81. The van der Waals surface area contributed by atoms with Crippen molar-refractivity contribution in [2.24, 2.45) is 23.0 Å². The number of carboxylic acids is 1. The van der Waals surface area contributed by atoms with E-state index in [4.69, 9.17) is 10.8 Å². The Hall–Kier alpha value is -1.10. The van der Waals surface area contributed by atoms with Gasteiger partial charge in [-0.15, -0.1) is 0 Å². The summed E-state index contributed by atoms with van der Waals surface area (Å²) in [7, 11) is 0. The maximum atomic E-state index is 12.0. The van der Waals surface area contributed by atoms with Crippen LogP contribution in [-0.4, -0.2) is 30.1 Å². The number of carbonyl (C=O) groups is 2. The monoisotopic (exact) mass is 286 g/mol. The van der Waals surface area contributed by atoms with Crippen molar-refractivity contribution in [1.82, 2.24) is 5.32 Å². The molecule has 0 spiro atoms. The van der Waals surface area contributed by atoms with E-state index in [2.05, 4.69) is 26.1 Å². The van der Waals surface area contributed by atoms with Gasteiger partial charge in [-0.25, -0.2) is 0 Å². The third-order valence-corrected chi connectivity index (χ3v) is 3.30. The van der Waals surface area contributed by atoms with Gasteiger partial charge in [-0.05, 0) is 30.6 Å². The molecule has 1 amide bonds. The molecule has 0 saturated carbocycles. The van der Waals surface area contributed by atoms with E-state index in [0.29, 0.717) is 25.4 Å². The molecule has 4 N–H and O–H groups in total. The number of carbonyl (C=O) groups excluding carboxylic acids is 1. The molecule has 5 nitrogen and oxygen atoms in total. The Morgan fingerprint density at radius 3 is 2.30 bits per heavy atom. The summed E-state index contributed by atoms with van der Waals surface area (Å²) in [6.45, 7) is 9.23. The van der Waals surface area contributed by atoms with Gasteiger partial charge in [0.25, 0.3) is 0 Å². The van der Waals surface area contributed by atoms with E-state index in [0.717, 1.165) is 12.8 Å². The van der Waals surface area contributed by atoms with Gasteiger partial charge in [0.15, 0.2) is 0 Å². The number of rotatable bonds is 9. The summed E-state index contributed by atoms with van der Waals surface area (Å²) in [5.41, 5.74) is 5.75. The third kappa shape index (κ3) is 9.78. The Morgan fingerprint density at radius 2 is 1.85 bits per heavy atom. The van der Waals surface area contributed by atoms with E-state index in [9.17, 15) is 9.59 Å². The summed E-state index contributed by atoms with van der Waals surface area (Å²) in [5.74, 6) is -0.614. The lowest BCUT2D eigenvalue weighted by molar-refractivity contribution is -0.137. The minimum absolute atomic E-state index is 0.00728. The lowest BCUT2D eigenvalue weighted by Crippen LogP contribution is -2.37. The van der Waals surface area contributed by atoms with Crippen molar-refractivity contribution in [3.8, 4) is 0 Å². The molecular formula is C15H30N2O3. The zero-order valence-corrected chi connectivity index (χ0v) is 13.2. The van der Waals surface area contributed by atoms with E-state index >= 15 is 0 Å². The average Bonchev–Trinajstić information content (AvgIpc) is 2.32. The molecular weight excluding hydrogens is 256 g/mol. The number of hydrogen-bond acceptors (Lipinski definition) is 3. The summed E-state index contributed by atoms with van der Waals surface area (Å²) in [6.07, 6.45) is 2.40. The van der Waals surface area contributed by atoms with Gasteiger partial charge in [0.05, 0.1) is 5.92 Å². The summed E-state index contributed by atoms with van der Waals surface area (Å²) < 4.78 is 0. The number of carboxylic acid groups (broad SMARTS) is 1. The zero-order chi connectivity index (χ0) is 15.8. The van der Waals surface area contributed by atoms with Gasteiger partial charge in [-0.2, -0.15) is 0 Å². The molecule has 0 bridgehead atoms. The fourth-order valence-corrected chi connectivity index (χ4v) is 2.12. The predicted octanol–water partition coefficient (Wildman–Crippen LogP) is 2.00. The van der Waals surface area contributed by atoms with Crippen LogP contribution in [0.15, 0.2) is 0 Å². The smallest absolute Gasteiger partial charge is 0.303 e. The second kappa shape index (κ2) is 8.95. The topological polar surface area (TPSA) is 92.4 Å². The average molecular weight is 286 g/mol. The van der Waals surface area contributed by atoms with Crippen molar-refractivity contribution in [2.45, 2.75) is 53.4 Å². The molecule has 0 aliphatic rings. The first-order valence-corrected chi connectivity index (χ1v) is 7.35. The maximum Gasteiger partial charge on any atom is 0.303 e. The summed E-state index contributed by atoms with van der Waals surface area (Å²) in [4.78, 5) is 22.5. The van der Waals surface area contributed by atoms with Crippen LogP contribution in [0.3, 0.4) is 0 Å². The van der Waals surface area contributed by atoms with Crippen LogP contribution in [0.25, 0.3) is 0 Å². The Balaban J connectivity index is 3.99. The minimum atomic E-state index is -0.769. The van der Waals surface area contributed by atoms with Crippen LogP contribution < -0.4 is 11.1 Å². The number of nitrogens with one attached hydrogen (secondary N) is 1. The summed E-state index contributed by atoms with van der Waals surface area (Å²) in [6, 6.07) is 0. The van der Waals surface area contributed by atoms with E-state index < -0.39 is 5.97 Å². The van der Waals surface area contributed by atoms with Crippen molar-refractivity contribution >= 4 is 11.9 Å². The first-order chi connectivity index (χ1) is 9.15. The predicted molar refractivity (Wildman–Crippen MR) is 80.3 cm³/mol. The first kappa shape index (κ1) is 18.9. The highest BCUT2D eigenvalue weighted by Gasteiger charge is 2.23. The largest absolute Gasteiger partial charge is 0.481 e. The first-order valence-electron chi connectivity index (χ1n) is 7.35. The highest BCUT2D eigenvalue weighted by molar-refractivity contribution is 5.78. The lowest BCUT2D eigenvalue weighted by Gasteiger charge is -2.24. The number of aliphatic carboxylic acids is 1. The van der Waals surface area contributed by atoms with Crippen LogP contribution in [0, 0.1) is 17.3 Å². The van der Waals surface area contributed by atoms with Crippen molar-refractivity contribution in [3.63, 3.8) is 0 Å². The maximum absolute atomic E-state index is 12.0. The Morgan fingerprint density at radius 1 is 1.25 bits per heavy atom. The molecule has 0 rings (SSSR count). The van der Waals surface area contributed by atoms with E-state index in [1.54, 1.807) is 0 Å². The van der Waals surface area contributed by atoms with Crippen molar-refractivity contribution < 1.29 is 14.7 Å². The second-order valence-electron chi connectivity index (χ2n) is 6.81. The van der Waals surface area contributed by atoms with Crippen molar-refractivity contribution in [2.75, 3.05) is 13.1 Å². The van der Waals surface area contributed by atoms with Crippen LogP contribution in [-0.2, 0) is 9.59 Å². The highest BCUT2D eigenvalue weighted by atomic mass is 16.4. The third-order valence-electron chi connectivity index (χ3n) is 3.30. The summed E-state index contributed by atoms with van der Waals surface area (Å²) in [5, 5.41) is 11.5. The van der Waals surface area contributed by atoms with Crippen LogP contribution in [0.5, 0.6) is 0 Å². The Bertz CT molecular complexity index is 311. The SMILES string of the molecule is CC(CCNC(=O)C(CN)CC(C)(C)C)CCC(=O)O. The van der Waals surface area contributed by atoms with Crippen LogP contribution in [0.2, 0.25) is 0 Å². The van der Waals surface area contributed by atoms with Gasteiger partial charge in [0, 0.05) is 19.5 Å². The molecule has 0 aliphatic carbocycles. The number of amides is 1. The molecule has 20 heavy (non-hydrogen) atoms. The van der Waals surface area contributed by atoms with Crippen LogP contribution in [0.1, 0.15) is 53.4 Å². The van der Waals surface area contributed by atoms with Gasteiger partial charge >= 0.3 is 5.97 Å². The molecule has 0 heterocycles. The number of nitrogens with two attached hydrogens (primary N) is 1. The van der Waals surface area contributed by atoms with Gasteiger partial charge in [-0.1, -0.05) is 27.7 Å². The minimum Gasteiger partial charge on any atom is -0.481 e. The molecule has 2 unspecified atom stereocenters. The highest BCUT2D eigenvalue weighted by Crippen LogP contribution is 2.24. The normalized spacial score (nSPS) is 14.7. The van der Waals surface area contributed by atoms with Crippen molar-refractivity contribution in [3.05, 3.63) is 0 Å². The fourth-order valence-electron chi connectivity index (χ4n) is 2.12. The Labute approximate surface area is 122 Å². The van der Waals surface area contributed by atoms with Gasteiger partial charge in [0.2, 0.25) is 5.91 Å². The van der Waals surface area contributed by atoms with Gasteiger partial charge in [0.1, 0.15) is 0 Å². The summed E-state index contributed by atoms with van der Waals surface area (Å²) >= 11 is 0. The molecule has 0 fully saturated rings. The molecule has 0 aliphatic heterocycles. The number of hydrogen-bond donors (Lipinski definition) is 3. The standard InChI is InChI=1S/C15H30N2O3/c1-11(5-6-13(18)19)7-8-17-14(20)12(10-16)9-15(2,3)4/h11-12H,5-10,16H2,1-4H3,(H,17,20)(H,18,19). The Kier molecular flexibility index (Phi) is 8.46. The molecule has 0 saturated heterocycles. The fraction of sp³-hybridized carbons (Fsp3) is 0.867. The quantitative estimate of drug-likeness (QED) is 0.604. The van der Waals surface area contributed by atoms with Gasteiger partial charge in [-0.3, -0.25) is 9.59 Å². The molecule has 118 valence electrons. The van der Waals surface area contributed by atoms with Crippen LogP contribution in [0.4, 0.5) is 0 Å². The molecule has 0 radical (unpaired) electrons. The lowest BCUT2D eigenvalue weighted by atomic mass is 9.84. The van der Waals surface area contributed by atoms with Crippen molar-refractivity contribution in [1.29, 1.82) is 0 Å². The van der Waals surface area contributed by atoms with E-state index in [1.807, 2.05) is 6.92 Å². The molecule has 0 aromatic heterocycles. The molecule has 2 atom stereocenters. The van der Waals surface area contributed by atoms with Gasteiger partial charge < -0.3 is 16.2 Å².